The first-order chi connectivity index (χ1) is 6.77. The van der Waals surface area contributed by atoms with Crippen LogP contribution in [0.2, 0.25) is 0 Å². The summed E-state index contributed by atoms with van der Waals surface area (Å²) in [6.45, 7) is 6.41. The minimum Gasteiger partial charge on any atom is -0.384 e. The van der Waals surface area contributed by atoms with Crippen molar-refractivity contribution in [2.75, 3.05) is 6.61 Å². The van der Waals surface area contributed by atoms with E-state index in [-0.39, 0.29) is 6.10 Å². The largest absolute Gasteiger partial charge is 0.384 e. The highest BCUT2D eigenvalue weighted by Gasteiger charge is 2.17. The lowest BCUT2D eigenvalue weighted by molar-refractivity contribution is 0.0592. The van der Waals surface area contributed by atoms with E-state index in [1.165, 1.54) is 6.42 Å². The van der Waals surface area contributed by atoms with Crippen LogP contribution in [0.5, 0.6) is 0 Å². The second-order valence-corrected chi connectivity index (χ2v) is 3.31. The van der Waals surface area contributed by atoms with Gasteiger partial charge in [-0.1, -0.05) is 6.58 Å². The molecule has 0 saturated carbocycles. The third-order valence-corrected chi connectivity index (χ3v) is 2.27. The van der Waals surface area contributed by atoms with Crippen LogP contribution in [-0.2, 0) is 4.74 Å². The number of nitrogens with two attached hydrogens (primary N) is 1. The lowest BCUT2D eigenvalue weighted by atomic mass is 10.0. The summed E-state index contributed by atoms with van der Waals surface area (Å²) >= 11 is 0. The molecule has 1 fully saturated rings. The van der Waals surface area contributed by atoms with E-state index in [0.717, 1.165) is 25.2 Å². The zero-order chi connectivity index (χ0) is 10.4. The molecule has 1 unspecified atom stereocenters. The van der Waals surface area contributed by atoms with Crippen LogP contribution >= 0.6 is 0 Å². The van der Waals surface area contributed by atoms with Crippen LogP contribution in [0.1, 0.15) is 26.2 Å². The van der Waals surface area contributed by atoms with Gasteiger partial charge in [-0.2, -0.15) is 0 Å². The Labute approximate surface area is 85.4 Å². The highest BCUT2D eigenvalue weighted by atomic mass is 16.5. The Morgan fingerprint density at radius 3 is 2.86 bits per heavy atom. The van der Waals surface area contributed by atoms with Gasteiger partial charge in [0.05, 0.1) is 11.8 Å². The summed E-state index contributed by atoms with van der Waals surface area (Å²) in [6.07, 6.45) is 6.92. The summed E-state index contributed by atoms with van der Waals surface area (Å²) in [5.74, 6) is 0.522. The van der Waals surface area contributed by atoms with Crippen molar-refractivity contribution in [2.45, 2.75) is 32.3 Å². The molecule has 0 aromatic heterocycles. The number of hydrogen-bond donors (Lipinski definition) is 1. The van der Waals surface area contributed by atoms with Crippen LogP contribution in [0.15, 0.2) is 29.5 Å². The molecular formula is C11H18N2O. The summed E-state index contributed by atoms with van der Waals surface area (Å²) in [5, 5.41) is 0. The van der Waals surface area contributed by atoms with Gasteiger partial charge in [0, 0.05) is 6.61 Å². The standard InChI is InChI=1S/C11H18N2O/c1-3-9(13-11(12)4-2)10-7-5-6-8-14-10/h3-4,10H,1,5-8,12H2,2H3/b11-4-,13-9+. The van der Waals surface area contributed by atoms with Gasteiger partial charge in [0.2, 0.25) is 0 Å². The van der Waals surface area contributed by atoms with Crippen LogP contribution in [0, 0.1) is 0 Å². The molecule has 0 amide bonds. The third kappa shape index (κ3) is 3.00. The van der Waals surface area contributed by atoms with Gasteiger partial charge in [-0.25, -0.2) is 4.99 Å². The highest BCUT2D eigenvalue weighted by Crippen LogP contribution is 2.15. The molecule has 0 aromatic carbocycles. The molecule has 1 saturated heterocycles. The molecule has 1 rings (SSSR count). The van der Waals surface area contributed by atoms with Crippen molar-refractivity contribution >= 4 is 5.71 Å². The second-order valence-electron chi connectivity index (χ2n) is 3.31. The third-order valence-electron chi connectivity index (χ3n) is 2.27. The van der Waals surface area contributed by atoms with Gasteiger partial charge >= 0.3 is 0 Å². The van der Waals surface area contributed by atoms with Crippen LogP contribution in [-0.4, -0.2) is 18.4 Å². The minimum absolute atomic E-state index is 0.0831. The fraction of sp³-hybridized carbons (Fsp3) is 0.545. The Bertz CT molecular complexity index is 250. The number of rotatable bonds is 3. The van der Waals surface area contributed by atoms with E-state index in [2.05, 4.69) is 11.6 Å². The molecule has 1 heterocycles. The molecule has 0 aromatic rings. The van der Waals surface area contributed by atoms with Crippen molar-refractivity contribution in [3.63, 3.8) is 0 Å². The summed E-state index contributed by atoms with van der Waals surface area (Å²) in [5.41, 5.74) is 6.47. The Morgan fingerprint density at radius 1 is 1.57 bits per heavy atom. The molecular weight excluding hydrogens is 176 g/mol. The van der Waals surface area contributed by atoms with E-state index >= 15 is 0 Å². The van der Waals surface area contributed by atoms with Gasteiger partial charge in [0.15, 0.2) is 0 Å². The molecule has 2 N–H and O–H groups in total. The van der Waals surface area contributed by atoms with Gasteiger partial charge in [0.1, 0.15) is 5.82 Å². The van der Waals surface area contributed by atoms with Gasteiger partial charge in [-0.05, 0) is 38.3 Å². The minimum atomic E-state index is 0.0831. The zero-order valence-corrected chi connectivity index (χ0v) is 8.70. The van der Waals surface area contributed by atoms with E-state index in [9.17, 15) is 0 Å². The average Bonchev–Trinajstić information content (AvgIpc) is 2.26. The molecule has 0 aliphatic carbocycles. The van der Waals surface area contributed by atoms with E-state index in [0.29, 0.717) is 5.82 Å². The van der Waals surface area contributed by atoms with Crippen LogP contribution in [0.25, 0.3) is 0 Å². The highest BCUT2D eigenvalue weighted by molar-refractivity contribution is 5.98. The predicted molar refractivity (Wildman–Crippen MR) is 59.2 cm³/mol. The maximum atomic E-state index is 5.63. The van der Waals surface area contributed by atoms with Crippen molar-refractivity contribution in [3.8, 4) is 0 Å². The maximum Gasteiger partial charge on any atom is 0.119 e. The fourth-order valence-corrected chi connectivity index (χ4v) is 1.44. The molecule has 14 heavy (non-hydrogen) atoms. The first-order valence-electron chi connectivity index (χ1n) is 5.02. The van der Waals surface area contributed by atoms with Crippen LogP contribution in [0.3, 0.4) is 0 Å². The molecule has 0 bridgehead atoms. The quantitative estimate of drug-likeness (QED) is 0.698. The summed E-state index contributed by atoms with van der Waals surface area (Å²) in [7, 11) is 0. The van der Waals surface area contributed by atoms with Crippen molar-refractivity contribution in [1.82, 2.24) is 0 Å². The molecule has 1 aliphatic heterocycles. The molecule has 78 valence electrons. The van der Waals surface area contributed by atoms with E-state index in [1.807, 2.05) is 6.92 Å². The Kier molecular flexibility index (Phi) is 4.40. The van der Waals surface area contributed by atoms with Crippen molar-refractivity contribution in [2.24, 2.45) is 10.7 Å². The smallest absolute Gasteiger partial charge is 0.119 e. The average molecular weight is 194 g/mol. The summed E-state index contributed by atoms with van der Waals surface area (Å²) in [4.78, 5) is 4.25. The van der Waals surface area contributed by atoms with Gasteiger partial charge < -0.3 is 10.5 Å². The maximum absolute atomic E-state index is 5.63. The molecule has 3 heteroatoms. The molecule has 1 aliphatic rings. The SMILES string of the molecule is C=C/C(=N\C(N)=C/C)C1CCCCO1. The molecule has 0 spiro atoms. The Hall–Kier alpha value is -1.09. The Morgan fingerprint density at radius 2 is 2.36 bits per heavy atom. The molecule has 3 nitrogen and oxygen atoms in total. The molecule has 1 atom stereocenters. The van der Waals surface area contributed by atoms with Crippen molar-refractivity contribution in [1.29, 1.82) is 0 Å². The first-order valence-corrected chi connectivity index (χ1v) is 5.02. The van der Waals surface area contributed by atoms with Gasteiger partial charge in [0.25, 0.3) is 0 Å². The van der Waals surface area contributed by atoms with E-state index in [4.69, 9.17) is 10.5 Å². The van der Waals surface area contributed by atoms with Crippen molar-refractivity contribution < 1.29 is 4.74 Å². The summed E-state index contributed by atoms with van der Waals surface area (Å²) in [6, 6.07) is 0. The lowest BCUT2D eigenvalue weighted by Crippen LogP contribution is -2.27. The van der Waals surface area contributed by atoms with Gasteiger partial charge in [-0.3, -0.25) is 0 Å². The van der Waals surface area contributed by atoms with E-state index in [1.54, 1.807) is 12.2 Å². The fourth-order valence-electron chi connectivity index (χ4n) is 1.44. The second kappa shape index (κ2) is 5.60. The van der Waals surface area contributed by atoms with Crippen LogP contribution in [0.4, 0.5) is 0 Å². The normalized spacial score (nSPS) is 24.8. The topological polar surface area (TPSA) is 47.6 Å². The van der Waals surface area contributed by atoms with E-state index < -0.39 is 0 Å². The number of hydrogen-bond acceptors (Lipinski definition) is 3. The molecule has 0 radical (unpaired) electrons. The number of nitrogens with zero attached hydrogens (tertiary/aromatic N) is 1. The monoisotopic (exact) mass is 194 g/mol. The predicted octanol–water partition coefficient (Wildman–Crippen LogP) is 2.00. The zero-order valence-electron chi connectivity index (χ0n) is 8.70. The first kappa shape index (κ1) is 11.0. The van der Waals surface area contributed by atoms with Crippen molar-refractivity contribution in [3.05, 3.63) is 24.6 Å². The number of ether oxygens (including phenoxy) is 1. The van der Waals surface area contributed by atoms with Gasteiger partial charge in [-0.15, -0.1) is 0 Å². The number of allylic oxidation sites excluding steroid dienone is 1. The Balaban J connectivity index is 2.69. The van der Waals surface area contributed by atoms with Crippen LogP contribution < -0.4 is 5.73 Å². The number of aliphatic imine (C=N–C) groups is 1. The summed E-state index contributed by atoms with van der Waals surface area (Å²) < 4.78 is 5.59. The lowest BCUT2D eigenvalue weighted by Gasteiger charge is -2.22.